The van der Waals surface area contributed by atoms with Crippen LogP contribution < -0.4 is 0 Å². The summed E-state index contributed by atoms with van der Waals surface area (Å²) in [4.78, 5) is 6.86. The van der Waals surface area contributed by atoms with E-state index in [0.29, 0.717) is 11.8 Å². The van der Waals surface area contributed by atoms with Crippen LogP contribution in [0, 0.1) is 11.8 Å². The number of piperidine rings is 3. The molecule has 4 heterocycles. The van der Waals surface area contributed by atoms with E-state index in [1.54, 1.807) is 0 Å². The summed E-state index contributed by atoms with van der Waals surface area (Å²) < 4.78 is 0. The summed E-state index contributed by atoms with van der Waals surface area (Å²) in [5, 5.41) is 12.1. The zero-order valence-corrected chi connectivity index (χ0v) is 14.5. The fraction of sp³-hybridized carbons (Fsp3) is 0.421. The Morgan fingerprint density at radius 2 is 2.08 bits per heavy atom. The maximum absolute atomic E-state index is 11.0. The molecule has 1 unspecified atom stereocenters. The number of nitrogens with zero attached hydrogens (tertiary/aromatic N) is 2. The van der Waals surface area contributed by atoms with Crippen LogP contribution in [-0.4, -0.2) is 39.6 Å². The smallest absolute Gasteiger partial charge is 0.0952 e. The average molecular weight is 349 g/mol. The lowest BCUT2D eigenvalue weighted by Gasteiger charge is -2.50. The number of rotatable bonds is 3. The number of aromatic nitrogens is 1. The topological polar surface area (TPSA) is 67.9 Å². The van der Waals surface area contributed by atoms with Crippen LogP contribution in [0.5, 0.6) is 0 Å². The normalized spacial score (nSPS) is 29.4. The minimum atomic E-state index is -0.443. The minimum Gasteiger partial charge on any atom is -0.412 e. The molecule has 5 atom stereocenters. The van der Waals surface area contributed by atoms with Gasteiger partial charge in [0, 0.05) is 24.2 Å². The number of halogens is 1. The lowest BCUT2D eigenvalue weighted by atomic mass is 9.73. The van der Waals surface area contributed by atoms with Crippen LogP contribution in [0.2, 0.25) is 0 Å². The van der Waals surface area contributed by atoms with Gasteiger partial charge in [-0.3, -0.25) is 9.88 Å². The number of hydrogen-bond acceptors (Lipinski definition) is 3. The highest BCUT2D eigenvalue weighted by molar-refractivity contribution is 5.85. The molecule has 1 aromatic heterocycles. The van der Waals surface area contributed by atoms with Crippen molar-refractivity contribution in [2.75, 3.05) is 13.1 Å². The molecule has 24 heavy (non-hydrogen) atoms. The maximum atomic E-state index is 11.0. The molecule has 1 aromatic carbocycles. The van der Waals surface area contributed by atoms with Gasteiger partial charge in [0.15, 0.2) is 0 Å². The fourth-order valence-corrected chi connectivity index (χ4v) is 4.29. The highest BCUT2D eigenvalue weighted by Crippen LogP contribution is 2.41. The third kappa shape index (κ3) is 3.07. The highest BCUT2D eigenvalue weighted by atomic mass is 35.5. The highest BCUT2D eigenvalue weighted by Gasteiger charge is 2.42. The molecule has 3 saturated heterocycles. The van der Waals surface area contributed by atoms with E-state index < -0.39 is 6.10 Å². The lowest BCUT2D eigenvalue weighted by Crippen LogP contribution is -2.54. The summed E-state index contributed by atoms with van der Waals surface area (Å²) in [5.74, 6) is 1.27. The van der Waals surface area contributed by atoms with E-state index in [1.165, 1.54) is 6.42 Å². The molecule has 0 aliphatic carbocycles. The van der Waals surface area contributed by atoms with E-state index >= 15 is 0 Å². The Balaban J connectivity index is 0.00000104. The summed E-state index contributed by atoms with van der Waals surface area (Å²) in [5.41, 5.74) is 1.97. The lowest BCUT2D eigenvalue weighted by molar-refractivity contribution is -0.0444. The molecule has 0 saturated carbocycles. The first kappa shape index (κ1) is 18.9. The Morgan fingerprint density at radius 3 is 2.79 bits per heavy atom. The van der Waals surface area contributed by atoms with Gasteiger partial charge in [-0.25, -0.2) is 0 Å². The monoisotopic (exact) mass is 348 g/mol. The van der Waals surface area contributed by atoms with Crippen molar-refractivity contribution in [3.05, 3.63) is 54.7 Å². The molecular weight excluding hydrogens is 324 g/mol. The van der Waals surface area contributed by atoms with Crippen LogP contribution in [0.1, 0.15) is 24.5 Å². The summed E-state index contributed by atoms with van der Waals surface area (Å²) >= 11 is 0. The predicted octanol–water partition coefficient (Wildman–Crippen LogP) is 2.76. The molecule has 3 N–H and O–H groups in total. The number of aliphatic hydroxyl groups excluding tert-OH is 1. The van der Waals surface area contributed by atoms with Gasteiger partial charge in [0.05, 0.1) is 11.6 Å². The van der Waals surface area contributed by atoms with E-state index in [2.05, 4.69) is 28.6 Å². The van der Waals surface area contributed by atoms with E-state index in [0.717, 1.165) is 36.0 Å². The first-order valence-electron chi connectivity index (χ1n) is 8.16. The zero-order valence-electron chi connectivity index (χ0n) is 13.6. The summed E-state index contributed by atoms with van der Waals surface area (Å²) in [6.45, 7) is 6.11. The predicted molar refractivity (Wildman–Crippen MR) is 99.3 cm³/mol. The van der Waals surface area contributed by atoms with Crippen molar-refractivity contribution in [2.45, 2.75) is 25.0 Å². The molecule has 3 fully saturated rings. The first-order valence-corrected chi connectivity index (χ1v) is 8.16. The molecule has 5 rings (SSSR count). The van der Waals surface area contributed by atoms with Crippen LogP contribution >= 0.6 is 12.4 Å². The van der Waals surface area contributed by atoms with Crippen molar-refractivity contribution >= 4 is 23.3 Å². The van der Waals surface area contributed by atoms with Crippen molar-refractivity contribution in [1.29, 1.82) is 0 Å². The number of benzene rings is 1. The van der Waals surface area contributed by atoms with Crippen molar-refractivity contribution in [2.24, 2.45) is 11.8 Å². The van der Waals surface area contributed by atoms with Crippen LogP contribution in [0.4, 0.5) is 0 Å². The molecule has 130 valence electrons. The third-order valence-electron chi connectivity index (χ3n) is 5.52. The van der Waals surface area contributed by atoms with Gasteiger partial charge in [-0.2, -0.15) is 0 Å². The number of hydrogen-bond donors (Lipinski definition) is 1. The molecule has 5 heteroatoms. The second-order valence-electron chi connectivity index (χ2n) is 6.61. The van der Waals surface area contributed by atoms with Gasteiger partial charge in [-0.15, -0.1) is 19.0 Å². The minimum absolute atomic E-state index is 0. The Hall–Kier alpha value is -1.46. The van der Waals surface area contributed by atoms with Crippen LogP contribution in [-0.2, 0) is 0 Å². The maximum Gasteiger partial charge on any atom is 0.0952 e. The third-order valence-corrected chi connectivity index (χ3v) is 5.52. The van der Waals surface area contributed by atoms with Gasteiger partial charge < -0.3 is 10.6 Å². The van der Waals surface area contributed by atoms with Crippen molar-refractivity contribution in [1.82, 2.24) is 9.88 Å². The Labute approximate surface area is 148 Å². The van der Waals surface area contributed by atoms with Crippen LogP contribution in [0.3, 0.4) is 0 Å². The summed E-state index contributed by atoms with van der Waals surface area (Å²) in [6.07, 6.45) is 5.76. The summed E-state index contributed by atoms with van der Waals surface area (Å²) in [7, 11) is 0. The zero-order chi connectivity index (χ0) is 15.1. The molecule has 4 nitrogen and oxygen atoms in total. The van der Waals surface area contributed by atoms with Crippen LogP contribution in [0.15, 0.2) is 49.2 Å². The van der Waals surface area contributed by atoms with E-state index in [1.807, 2.05) is 30.5 Å². The largest absolute Gasteiger partial charge is 0.412 e. The number of aliphatic hydroxyl groups is 1. The molecule has 0 radical (unpaired) electrons. The average Bonchev–Trinajstić information content (AvgIpc) is 2.60. The second kappa shape index (κ2) is 7.62. The molecular formula is C19H25ClN2O2. The molecule has 0 spiro atoms. The SMILES string of the molecule is C=C[C@@H]1CN2CC[C@@H]1C[C@@H]2[C@H](O)c1ccnc2ccccc12.Cl.O. The number of para-hydroxylation sites is 1. The van der Waals surface area contributed by atoms with Gasteiger partial charge in [0.1, 0.15) is 0 Å². The summed E-state index contributed by atoms with van der Waals surface area (Å²) in [6, 6.07) is 10.3. The Kier molecular flexibility index (Phi) is 5.99. The number of fused-ring (bicyclic) bond motifs is 4. The first-order chi connectivity index (χ1) is 10.8. The van der Waals surface area contributed by atoms with E-state index in [-0.39, 0.29) is 23.9 Å². The van der Waals surface area contributed by atoms with Gasteiger partial charge in [-0.1, -0.05) is 24.3 Å². The van der Waals surface area contributed by atoms with Gasteiger partial charge in [-0.05, 0) is 48.9 Å². The Morgan fingerprint density at radius 1 is 1.29 bits per heavy atom. The number of pyridine rings is 1. The Bertz CT molecular complexity index is 703. The molecule has 2 bridgehead atoms. The van der Waals surface area contributed by atoms with E-state index in [9.17, 15) is 5.11 Å². The van der Waals surface area contributed by atoms with Gasteiger partial charge in [0.25, 0.3) is 0 Å². The molecule has 3 aliphatic rings. The van der Waals surface area contributed by atoms with Crippen molar-refractivity contribution in [3.63, 3.8) is 0 Å². The van der Waals surface area contributed by atoms with Crippen LogP contribution in [0.25, 0.3) is 10.9 Å². The standard InChI is InChI=1S/C19H22N2O.ClH.H2O/c1-2-13-12-21-10-8-14(13)11-18(21)19(22)16-7-9-20-17-6-4-3-5-15(16)17;;/h2-7,9,13-14,18-19,22H,1,8,10-12H2;1H;1H2/t13-,14-,18-,19-;;/m1../s1. The second-order valence-corrected chi connectivity index (χ2v) is 6.61. The van der Waals surface area contributed by atoms with Gasteiger partial charge >= 0.3 is 0 Å². The molecule has 0 amide bonds. The molecule has 3 aliphatic heterocycles. The quantitative estimate of drug-likeness (QED) is 0.867. The van der Waals surface area contributed by atoms with Gasteiger partial charge in [0.2, 0.25) is 0 Å². The molecule has 2 aromatic rings. The fourth-order valence-electron chi connectivity index (χ4n) is 4.29. The van der Waals surface area contributed by atoms with Crippen molar-refractivity contribution in [3.8, 4) is 0 Å². The van der Waals surface area contributed by atoms with Crippen molar-refractivity contribution < 1.29 is 10.6 Å². The van der Waals surface area contributed by atoms with E-state index in [4.69, 9.17) is 0 Å².